The van der Waals surface area contributed by atoms with E-state index >= 15 is 0 Å². The van der Waals surface area contributed by atoms with Crippen molar-refractivity contribution in [3.8, 4) is 5.75 Å². The molecule has 1 aliphatic heterocycles. The van der Waals surface area contributed by atoms with Crippen molar-refractivity contribution in [2.45, 2.75) is 62.8 Å². The highest BCUT2D eigenvalue weighted by Gasteiger charge is 2.37. The van der Waals surface area contributed by atoms with Gasteiger partial charge in [-0.3, -0.25) is 0 Å². The van der Waals surface area contributed by atoms with Crippen LogP contribution in [0.5, 0.6) is 5.75 Å². The Kier molecular flexibility index (Phi) is 10.9. The second-order valence-electron chi connectivity index (χ2n) is 8.92. The summed E-state index contributed by atoms with van der Waals surface area (Å²) in [6.07, 6.45) is 9.84. The van der Waals surface area contributed by atoms with E-state index in [1.807, 2.05) is 42.6 Å². The summed E-state index contributed by atoms with van der Waals surface area (Å²) in [7, 11) is -3.46. The minimum absolute atomic E-state index is 0.00738. The molecule has 0 radical (unpaired) electrons. The van der Waals surface area contributed by atoms with Crippen LogP contribution in [0, 0.1) is 12.8 Å². The quantitative estimate of drug-likeness (QED) is 0.223. The Labute approximate surface area is 225 Å². The van der Waals surface area contributed by atoms with Gasteiger partial charge >= 0.3 is 0 Å². The Morgan fingerprint density at radius 3 is 2.34 bits per heavy atom. The fraction of sp³-hybridized carbons (Fsp3) is 0.407. The molecule has 2 aliphatic rings. The molecule has 0 saturated heterocycles. The number of rotatable bonds is 5. The van der Waals surface area contributed by atoms with Crippen LogP contribution in [0.15, 0.2) is 71.1 Å². The Morgan fingerprint density at radius 1 is 1.06 bits per heavy atom. The molecule has 2 aromatic rings. The van der Waals surface area contributed by atoms with E-state index in [1.54, 1.807) is 28.6 Å². The molecule has 2 unspecified atom stereocenters. The van der Waals surface area contributed by atoms with E-state index in [0.29, 0.717) is 23.1 Å². The standard InChI is InChI=1S/C20H27NO2S2.C7H5ClOS/c1-16-8-10-20(11-9-16)25(22,23)21-15-18-14-19(21)7-5-3-2-4-6-17(18)12-13-24;8-7(10)9-6-4-2-1-3-5-6/h8-11,13-14,17,19H,2-7,12,15H2,1H3;1-5H. The topological polar surface area (TPSA) is 46.6 Å². The van der Waals surface area contributed by atoms with Gasteiger partial charge in [0.1, 0.15) is 5.75 Å². The number of sulfonamides is 1. The average molecular weight is 550 g/mol. The number of ether oxygens (including phenoxy) is 1. The van der Waals surface area contributed by atoms with E-state index < -0.39 is 10.0 Å². The van der Waals surface area contributed by atoms with Gasteiger partial charge in [-0.15, -0.1) is 0 Å². The van der Waals surface area contributed by atoms with Gasteiger partial charge < -0.3 is 4.74 Å². The first-order valence-corrected chi connectivity index (χ1v) is 14.7. The lowest BCUT2D eigenvalue weighted by atomic mass is 9.89. The van der Waals surface area contributed by atoms with Crippen molar-refractivity contribution in [3.63, 3.8) is 0 Å². The third-order valence-corrected chi connectivity index (χ3v) is 8.63. The summed E-state index contributed by atoms with van der Waals surface area (Å²) in [5.41, 5.74) is 2.34. The SMILES string of the molecule is Cc1ccc(S(=O)(=O)N2CC3=CC2CCCCCCC3CC=S)cc1.S=C(Cl)Oc1ccccc1. The normalized spacial score (nSPS) is 20.7. The highest BCUT2D eigenvalue weighted by atomic mass is 35.5. The van der Waals surface area contributed by atoms with Crippen LogP contribution >= 0.6 is 36.0 Å². The molecule has 0 spiro atoms. The number of hydrogen-bond donors (Lipinski definition) is 0. The summed E-state index contributed by atoms with van der Waals surface area (Å²) in [5.74, 6) is 1.07. The van der Waals surface area contributed by atoms with Crippen molar-refractivity contribution < 1.29 is 13.2 Å². The van der Waals surface area contributed by atoms with Crippen LogP contribution in [0.4, 0.5) is 0 Å². The zero-order chi connectivity index (χ0) is 25.3. The summed E-state index contributed by atoms with van der Waals surface area (Å²) < 4.78 is 33.1. The minimum Gasteiger partial charge on any atom is -0.436 e. The number of thiocarbonyl (C=S) groups is 2. The highest BCUT2D eigenvalue weighted by molar-refractivity contribution is 7.89. The first kappa shape index (κ1) is 27.9. The Balaban J connectivity index is 0.000000287. The van der Waals surface area contributed by atoms with Crippen LogP contribution in [-0.2, 0) is 10.0 Å². The molecule has 0 N–H and O–H groups in total. The molecular weight excluding hydrogens is 518 g/mol. The smallest absolute Gasteiger partial charge is 0.260 e. The van der Waals surface area contributed by atoms with Crippen molar-refractivity contribution in [1.82, 2.24) is 4.31 Å². The van der Waals surface area contributed by atoms with Crippen LogP contribution in [0.2, 0.25) is 0 Å². The molecule has 4 nitrogen and oxygen atoms in total. The number of benzene rings is 2. The minimum atomic E-state index is -3.46. The number of nitrogens with zero attached hydrogens (tertiary/aromatic N) is 1. The van der Waals surface area contributed by atoms with Gasteiger partial charge in [0.25, 0.3) is 4.51 Å². The fourth-order valence-electron chi connectivity index (χ4n) is 4.53. The average Bonchev–Trinajstić information content (AvgIpc) is 3.25. The van der Waals surface area contributed by atoms with Gasteiger partial charge in [0.05, 0.1) is 4.90 Å². The molecule has 0 amide bonds. The molecule has 1 aliphatic carbocycles. The van der Waals surface area contributed by atoms with Crippen LogP contribution < -0.4 is 4.74 Å². The molecule has 4 rings (SSSR count). The maximum Gasteiger partial charge on any atom is 0.260 e. The molecule has 188 valence electrons. The van der Waals surface area contributed by atoms with Crippen LogP contribution in [0.3, 0.4) is 0 Å². The molecule has 8 heteroatoms. The predicted molar refractivity (Wildman–Crippen MR) is 152 cm³/mol. The molecule has 2 bridgehead atoms. The van der Waals surface area contributed by atoms with Crippen molar-refractivity contribution in [1.29, 1.82) is 0 Å². The van der Waals surface area contributed by atoms with Crippen molar-refractivity contribution in [2.24, 2.45) is 5.92 Å². The largest absolute Gasteiger partial charge is 0.436 e. The maximum atomic E-state index is 13.2. The van der Waals surface area contributed by atoms with Gasteiger partial charge in [-0.25, -0.2) is 8.42 Å². The van der Waals surface area contributed by atoms with E-state index in [0.717, 1.165) is 31.2 Å². The van der Waals surface area contributed by atoms with Gasteiger partial charge in [0, 0.05) is 12.6 Å². The van der Waals surface area contributed by atoms with Gasteiger partial charge in [-0.2, -0.15) is 4.31 Å². The Bertz CT molecular complexity index is 1120. The maximum absolute atomic E-state index is 13.2. The van der Waals surface area contributed by atoms with Gasteiger partial charge in [0.15, 0.2) is 0 Å². The van der Waals surface area contributed by atoms with Crippen LogP contribution in [0.1, 0.15) is 50.5 Å². The monoisotopic (exact) mass is 549 g/mol. The zero-order valence-corrected chi connectivity index (χ0v) is 23.1. The molecule has 0 aromatic heterocycles. The van der Waals surface area contributed by atoms with E-state index in [-0.39, 0.29) is 10.6 Å². The molecule has 0 saturated carbocycles. The van der Waals surface area contributed by atoms with E-state index in [1.165, 1.54) is 24.8 Å². The summed E-state index contributed by atoms with van der Waals surface area (Å²) >= 11 is 14.9. The summed E-state index contributed by atoms with van der Waals surface area (Å²) in [6, 6.07) is 16.4. The van der Waals surface area contributed by atoms with Crippen LogP contribution in [-0.4, -0.2) is 35.2 Å². The highest BCUT2D eigenvalue weighted by Crippen LogP contribution is 2.35. The van der Waals surface area contributed by atoms with E-state index in [2.05, 4.69) is 18.3 Å². The van der Waals surface area contributed by atoms with Crippen molar-refractivity contribution in [3.05, 3.63) is 71.8 Å². The molecule has 0 fully saturated rings. The van der Waals surface area contributed by atoms with Crippen molar-refractivity contribution >= 4 is 55.9 Å². The predicted octanol–water partition coefficient (Wildman–Crippen LogP) is 7.24. The van der Waals surface area contributed by atoms with E-state index in [4.69, 9.17) is 28.6 Å². The lowest BCUT2D eigenvalue weighted by molar-refractivity contribution is 0.381. The number of fused-ring (bicyclic) bond motifs is 1. The Morgan fingerprint density at radius 2 is 1.71 bits per heavy atom. The van der Waals surface area contributed by atoms with Gasteiger partial charge in [-0.1, -0.05) is 85.4 Å². The Hall–Kier alpha value is -1.64. The molecule has 2 atom stereocenters. The molecular formula is C27H32ClNO3S3. The second kappa shape index (κ2) is 13.6. The lowest BCUT2D eigenvalue weighted by Gasteiger charge is -2.24. The number of para-hydroxylation sites is 1. The summed E-state index contributed by atoms with van der Waals surface area (Å²) in [6.45, 7) is 2.49. The lowest BCUT2D eigenvalue weighted by Crippen LogP contribution is -2.36. The zero-order valence-electron chi connectivity index (χ0n) is 19.9. The number of aryl methyl sites for hydroxylation is 1. The molecule has 35 heavy (non-hydrogen) atoms. The van der Waals surface area contributed by atoms with Crippen LogP contribution in [0.25, 0.3) is 0 Å². The van der Waals surface area contributed by atoms with E-state index in [9.17, 15) is 8.42 Å². The third-order valence-electron chi connectivity index (χ3n) is 6.39. The van der Waals surface area contributed by atoms with Gasteiger partial charge in [-0.05, 0) is 85.6 Å². The third kappa shape index (κ3) is 8.19. The number of halogens is 1. The number of hydrogen-bond acceptors (Lipinski definition) is 5. The fourth-order valence-corrected chi connectivity index (χ4v) is 6.54. The van der Waals surface area contributed by atoms with Gasteiger partial charge in [0.2, 0.25) is 10.0 Å². The summed E-state index contributed by atoms with van der Waals surface area (Å²) in [5, 5.41) is 1.81. The van der Waals surface area contributed by atoms with Crippen molar-refractivity contribution in [2.75, 3.05) is 6.54 Å². The first-order chi connectivity index (χ1) is 16.8. The molecule has 1 heterocycles. The molecule has 2 aromatic carbocycles. The first-order valence-electron chi connectivity index (χ1n) is 12.0. The second-order valence-corrected chi connectivity index (χ2v) is 12.1. The summed E-state index contributed by atoms with van der Waals surface area (Å²) in [4.78, 5) is 0.402.